The first-order valence-electron chi connectivity index (χ1n) is 11.6. The fourth-order valence-corrected chi connectivity index (χ4v) is 25.0. The first-order chi connectivity index (χ1) is 15.5. The van der Waals surface area contributed by atoms with Gasteiger partial charge in [0.25, 0.3) is 0 Å². The number of hydrogen-bond acceptors (Lipinski definition) is 0. The average molecular weight is 579 g/mol. The second-order valence-corrected chi connectivity index (χ2v) is 27.8. The minimum atomic E-state index is -1.93. The largest absolute Gasteiger partial charge is 1.00 e. The maximum atomic E-state index is 2.66. The molecule has 4 aromatic carbocycles. The molecule has 0 fully saturated rings. The predicted molar refractivity (Wildman–Crippen MR) is 138 cm³/mol. The number of allylic oxidation sites excluding steroid dienone is 4. The summed E-state index contributed by atoms with van der Waals surface area (Å²) < 4.78 is 1.37. The summed E-state index contributed by atoms with van der Waals surface area (Å²) in [6.45, 7) is 9.88. The number of hydrogen-bond donors (Lipinski definition) is 0. The molecular weight excluding hydrogens is 551 g/mol. The van der Waals surface area contributed by atoms with Gasteiger partial charge in [-0.1, -0.05) is 0 Å². The zero-order valence-corrected chi connectivity index (χ0v) is 25.0. The van der Waals surface area contributed by atoms with Crippen LogP contribution in [0.5, 0.6) is 0 Å². The Morgan fingerprint density at radius 2 is 0.941 bits per heavy atom. The molecule has 0 aliphatic heterocycles. The number of benzene rings is 4. The van der Waals surface area contributed by atoms with Crippen LogP contribution in [0.25, 0.3) is 32.7 Å². The van der Waals surface area contributed by atoms with Gasteiger partial charge in [-0.2, -0.15) is 0 Å². The van der Waals surface area contributed by atoms with Crippen molar-refractivity contribution in [3.63, 3.8) is 0 Å². The van der Waals surface area contributed by atoms with Crippen LogP contribution in [0.4, 0.5) is 0 Å². The molecule has 4 heteroatoms. The fourth-order valence-electron chi connectivity index (χ4n) is 5.90. The normalized spacial score (nSPS) is 17.6. The van der Waals surface area contributed by atoms with E-state index in [0.29, 0.717) is 7.25 Å². The molecule has 0 saturated heterocycles. The smallest absolute Gasteiger partial charge is 1.00 e. The predicted octanol–water partition coefficient (Wildman–Crippen LogP) is 2.49. The van der Waals surface area contributed by atoms with Gasteiger partial charge in [0.05, 0.1) is 0 Å². The third kappa shape index (κ3) is 4.11. The third-order valence-electron chi connectivity index (χ3n) is 7.44. The molecule has 0 N–H and O–H groups in total. The van der Waals surface area contributed by atoms with Crippen LogP contribution in [-0.2, 0) is 20.4 Å². The van der Waals surface area contributed by atoms with Crippen molar-refractivity contribution in [2.75, 3.05) is 0 Å². The van der Waals surface area contributed by atoms with Crippen molar-refractivity contribution in [2.45, 2.75) is 34.2 Å². The molecule has 0 radical (unpaired) electrons. The van der Waals surface area contributed by atoms with E-state index in [9.17, 15) is 0 Å². The molecule has 0 amide bonds. The zero-order valence-electron chi connectivity index (χ0n) is 20.0. The van der Waals surface area contributed by atoms with Gasteiger partial charge >= 0.3 is 200 Å². The van der Waals surface area contributed by atoms with Crippen molar-refractivity contribution in [2.24, 2.45) is 0 Å². The minimum absolute atomic E-state index is 0. The van der Waals surface area contributed by atoms with Gasteiger partial charge in [-0.15, -0.1) is 0 Å². The number of halogens is 2. The van der Waals surface area contributed by atoms with Crippen LogP contribution >= 0.6 is 0 Å². The maximum Gasteiger partial charge on any atom is -1.00 e. The van der Waals surface area contributed by atoms with Gasteiger partial charge in [-0.3, -0.25) is 0 Å². The molecule has 170 valence electrons. The van der Waals surface area contributed by atoms with Crippen LogP contribution in [0, 0.1) is 0 Å². The molecular formula is C30H28Cl2SiZr. The van der Waals surface area contributed by atoms with Crippen molar-refractivity contribution in [3.05, 3.63) is 107 Å². The van der Waals surface area contributed by atoms with E-state index in [1.54, 1.807) is 11.1 Å². The molecule has 0 aromatic heterocycles. The van der Waals surface area contributed by atoms with Gasteiger partial charge in [-0.05, 0) is 0 Å². The first-order valence-corrected chi connectivity index (χ1v) is 20.6. The average Bonchev–Trinajstić information content (AvgIpc) is 3.27. The van der Waals surface area contributed by atoms with Crippen LogP contribution in [0.15, 0.2) is 84.9 Å². The molecule has 0 bridgehead atoms. The van der Waals surface area contributed by atoms with Crippen molar-refractivity contribution in [3.8, 4) is 0 Å². The van der Waals surface area contributed by atoms with Crippen molar-refractivity contribution < 1.29 is 45.2 Å². The summed E-state index contributed by atoms with van der Waals surface area (Å²) in [5.74, 6) is 0. The fraction of sp³-hybridized carbons (Fsp3) is 0.200. The SMILES string of the molecule is CC1=C[CH]([Zr+2]([CH]2C=C(C)c3cc4ccccc4cc32)=[Si](C)C)c2cc3ccccc3cc21.[Cl-].[Cl-]. The molecule has 2 atom stereocenters. The van der Waals surface area contributed by atoms with E-state index in [1.165, 1.54) is 43.8 Å². The molecule has 0 spiro atoms. The Kier molecular flexibility index (Phi) is 7.47. The minimum Gasteiger partial charge on any atom is -1.00 e. The Balaban J connectivity index is 0.00000137. The molecule has 2 aliphatic carbocycles. The van der Waals surface area contributed by atoms with Crippen molar-refractivity contribution >= 4 is 38.1 Å². The topological polar surface area (TPSA) is 0 Å². The standard InChI is InChI=1S/2C14H11.C2H6Si.2ClH.Zr/c2*1-10-6-7-13-8-11-4-2-3-5-12(11)9-14(10)13;1-3-2;;;/h2*2-9H,1H3;1-2H3;2*1H;/q;;;;;+2/p-2. The van der Waals surface area contributed by atoms with E-state index in [0.717, 1.165) is 0 Å². The molecule has 0 heterocycles. The monoisotopic (exact) mass is 576 g/mol. The molecule has 2 unspecified atom stereocenters. The first kappa shape index (κ1) is 25.6. The molecule has 2 aliphatic rings. The van der Waals surface area contributed by atoms with Gasteiger partial charge in [0.1, 0.15) is 0 Å². The Hall–Kier alpha value is -1.44. The van der Waals surface area contributed by atoms with E-state index in [4.69, 9.17) is 0 Å². The van der Waals surface area contributed by atoms with Gasteiger partial charge in [-0.25, -0.2) is 0 Å². The van der Waals surface area contributed by atoms with Crippen molar-refractivity contribution in [1.82, 2.24) is 0 Å². The van der Waals surface area contributed by atoms with E-state index < -0.39 is 20.4 Å². The second-order valence-electron chi connectivity index (χ2n) is 9.68. The summed E-state index contributed by atoms with van der Waals surface area (Å²) in [5, 5.41) is 5.54. The summed E-state index contributed by atoms with van der Waals surface area (Å²) in [7, 11) is 0. The van der Waals surface area contributed by atoms with Crippen LogP contribution in [0.3, 0.4) is 0 Å². The second kappa shape index (κ2) is 9.90. The molecule has 34 heavy (non-hydrogen) atoms. The molecule has 0 saturated carbocycles. The van der Waals surface area contributed by atoms with Crippen LogP contribution < -0.4 is 24.8 Å². The van der Waals surface area contributed by atoms with Crippen LogP contribution in [0.2, 0.25) is 13.1 Å². The Bertz CT molecular complexity index is 1420. The molecule has 0 nitrogen and oxygen atoms in total. The van der Waals surface area contributed by atoms with E-state index in [1.807, 2.05) is 0 Å². The molecule has 4 aromatic rings. The Morgan fingerprint density at radius 1 is 0.588 bits per heavy atom. The van der Waals surface area contributed by atoms with E-state index in [2.05, 4.69) is 112 Å². The summed E-state index contributed by atoms with van der Waals surface area (Å²) in [6, 6.07) is 27.7. The van der Waals surface area contributed by atoms with Gasteiger partial charge in [0.15, 0.2) is 0 Å². The van der Waals surface area contributed by atoms with Gasteiger partial charge < -0.3 is 24.8 Å². The Labute approximate surface area is 223 Å². The van der Waals surface area contributed by atoms with Crippen molar-refractivity contribution in [1.29, 1.82) is 0 Å². The zero-order chi connectivity index (χ0) is 22.0. The Morgan fingerprint density at radius 3 is 1.29 bits per heavy atom. The number of fused-ring (bicyclic) bond motifs is 4. The summed E-state index contributed by atoms with van der Waals surface area (Å²) in [4.78, 5) is 0. The third-order valence-corrected chi connectivity index (χ3v) is 26.4. The van der Waals surface area contributed by atoms with Crippen LogP contribution in [0.1, 0.15) is 43.4 Å². The maximum absolute atomic E-state index is 2.66. The van der Waals surface area contributed by atoms with Gasteiger partial charge in [0, 0.05) is 0 Å². The van der Waals surface area contributed by atoms with E-state index >= 15 is 0 Å². The van der Waals surface area contributed by atoms with E-state index in [-0.39, 0.29) is 30.2 Å². The number of rotatable bonds is 2. The summed E-state index contributed by atoms with van der Waals surface area (Å²) >= 11 is -1.93. The quantitative estimate of drug-likeness (QED) is 0.321. The summed E-state index contributed by atoms with van der Waals surface area (Å²) in [5.41, 5.74) is 8.89. The van der Waals surface area contributed by atoms with Crippen LogP contribution in [-0.4, -0.2) is 5.43 Å². The molecule has 6 rings (SSSR count). The van der Waals surface area contributed by atoms with Gasteiger partial charge in [0.2, 0.25) is 0 Å². The summed E-state index contributed by atoms with van der Waals surface area (Å²) in [6.07, 6.45) is 5.33.